The maximum atomic E-state index is 13.5. The van der Waals surface area contributed by atoms with Crippen molar-refractivity contribution in [3.63, 3.8) is 0 Å². The number of hydrogen-bond donors (Lipinski definition) is 2. The number of nitrogen functional groups attached to an aromatic ring is 1. The Bertz CT molecular complexity index is 702. The minimum absolute atomic E-state index is 0.00366. The lowest BCUT2D eigenvalue weighted by Gasteiger charge is -2.09. The molecule has 100 valence electrons. The lowest BCUT2D eigenvalue weighted by Crippen LogP contribution is -2.13. The van der Waals surface area contributed by atoms with Gasteiger partial charge in [-0.3, -0.25) is 4.72 Å². The van der Waals surface area contributed by atoms with Crippen LogP contribution in [0.15, 0.2) is 47.4 Å². The summed E-state index contributed by atoms with van der Waals surface area (Å²) in [6, 6.07) is 9.26. The lowest BCUT2D eigenvalue weighted by atomic mass is 10.3. The SMILES string of the molecule is Nc1ccc(S(=O)(=O)Nc2ccc(Cl)cc2F)cc1. The van der Waals surface area contributed by atoms with Gasteiger partial charge in [-0.1, -0.05) is 11.6 Å². The van der Waals surface area contributed by atoms with E-state index in [1.54, 1.807) is 0 Å². The molecule has 0 aromatic heterocycles. The molecule has 0 saturated carbocycles. The fourth-order valence-corrected chi connectivity index (χ4v) is 2.65. The first-order chi connectivity index (χ1) is 8.88. The van der Waals surface area contributed by atoms with E-state index in [2.05, 4.69) is 4.72 Å². The first-order valence-electron chi connectivity index (χ1n) is 5.22. The molecule has 0 unspecified atom stereocenters. The van der Waals surface area contributed by atoms with Crippen LogP contribution < -0.4 is 10.5 Å². The van der Waals surface area contributed by atoms with Gasteiger partial charge < -0.3 is 5.73 Å². The molecule has 0 spiro atoms. The number of nitrogens with two attached hydrogens (primary N) is 1. The Morgan fingerprint density at radius 3 is 2.32 bits per heavy atom. The second-order valence-electron chi connectivity index (χ2n) is 3.80. The first-order valence-corrected chi connectivity index (χ1v) is 7.08. The third-order valence-corrected chi connectivity index (χ3v) is 3.98. The van der Waals surface area contributed by atoms with Crippen molar-refractivity contribution in [2.75, 3.05) is 10.5 Å². The number of halogens is 2. The van der Waals surface area contributed by atoms with Gasteiger partial charge in [0.15, 0.2) is 0 Å². The summed E-state index contributed by atoms with van der Waals surface area (Å²) in [4.78, 5) is -0.00366. The number of benzene rings is 2. The Hall–Kier alpha value is -1.79. The monoisotopic (exact) mass is 300 g/mol. The van der Waals surface area contributed by atoms with Crippen molar-refractivity contribution in [1.29, 1.82) is 0 Å². The molecule has 3 N–H and O–H groups in total. The van der Waals surface area contributed by atoms with E-state index in [9.17, 15) is 12.8 Å². The van der Waals surface area contributed by atoms with Crippen molar-refractivity contribution in [2.24, 2.45) is 0 Å². The number of nitrogens with one attached hydrogen (secondary N) is 1. The average Bonchev–Trinajstić information content (AvgIpc) is 2.33. The zero-order valence-electron chi connectivity index (χ0n) is 9.60. The third-order valence-electron chi connectivity index (χ3n) is 2.37. The normalized spacial score (nSPS) is 11.3. The second kappa shape index (κ2) is 5.07. The third kappa shape index (κ3) is 3.15. The summed E-state index contributed by atoms with van der Waals surface area (Å²) in [5, 5.41) is 0.188. The molecule has 2 aromatic carbocycles. The van der Waals surface area contributed by atoms with E-state index >= 15 is 0 Å². The van der Waals surface area contributed by atoms with Gasteiger partial charge in [0, 0.05) is 10.7 Å². The molecular weight excluding hydrogens is 291 g/mol. The highest BCUT2D eigenvalue weighted by atomic mass is 35.5. The van der Waals surface area contributed by atoms with Crippen LogP contribution in [0.4, 0.5) is 15.8 Å². The Morgan fingerprint density at radius 2 is 1.74 bits per heavy atom. The molecule has 19 heavy (non-hydrogen) atoms. The topological polar surface area (TPSA) is 72.2 Å². The fraction of sp³-hybridized carbons (Fsp3) is 0. The summed E-state index contributed by atoms with van der Waals surface area (Å²) in [6.07, 6.45) is 0. The van der Waals surface area contributed by atoms with E-state index in [1.165, 1.54) is 36.4 Å². The van der Waals surface area contributed by atoms with E-state index < -0.39 is 15.8 Å². The maximum absolute atomic E-state index is 13.5. The Labute approximate surface area is 115 Å². The zero-order chi connectivity index (χ0) is 14.0. The van der Waals surface area contributed by atoms with Crippen molar-refractivity contribution < 1.29 is 12.8 Å². The highest BCUT2D eigenvalue weighted by Gasteiger charge is 2.16. The lowest BCUT2D eigenvalue weighted by molar-refractivity contribution is 0.598. The van der Waals surface area contributed by atoms with Crippen LogP contribution in [0, 0.1) is 5.82 Å². The second-order valence-corrected chi connectivity index (χ2v) is 5.92. The van der Waals surface area contributed by atoms with E-state index in [-0.39, 0.29) is 15.6 Å². The highest BCUT2D eigenvalue weighted by Crippen LogP contribution is 2.22. The van der Waals surface area contributed by atoms with Gasteiger partial charge in [-0.05, 0) is 42.5 Å². The van der Waals surface area contributed by atoms with Gasteiger partial charge in [-0.2, -0.15) is 0 Å². The van der Waals surface area contributed by atoms with Gasteiger partial charge in [0.25, 0.3) is 10.0 Å². The minimum Gasteiger partial charge on any atom is -0.399 e. The fourth-order valence-electron chi connectivity index (χ4n) is 1.42. The van der Waals surface area contributed by atoms with Crippen LogP contribution in [0.5, 0.6) is 0 Å². The molecule has 0 aliphatic rings. The molecule has 2 aromatic rings. The van der Waals surface area contributed by atoms with Crippen LogP contribution in [0.2, 0.25) is 5.02 Å². The van der Waals surface area contributed by atoms with Gasteiger partial charge in [-0.15, -0.1) is 0 Å². The summed E-state index contributed by atoms with van der Waals surface area (Å²) in [7, 11) is -3.85. The number of sulfonamides is 1. The molecule has 0 saturated heterocycles. The van der Waals surface area contributed by atoms with Crippen molar-refractivity contribution in [3.8, 4) is 0 Å². The maximum Gasteiger partial charge on any atom is 0.261 e. The molecule has 0 bridgehead atoms. The molecule has 0 fully saturated rings. The van der Waals surface area contributed by atoms with Gasteiger partial charge in [0.1, 0.15) is 5.82 Å². The largest absolute Gasteiger partial charge is 0.399 e. The number of hydrogen-bond acceptors (Lipinski definition) is 3. The molecule has 4 nitrogen and oxygen atoms in total. The summed E-state index contributed by atoms with van der Waals surface area (Å²) >= 11 is 5.59. The molecular formula is C12H10ClFN2O2S. The quantitative estimate of drug-likeness (QED) is 0.856. The summed E-state index contributed by atoms with van der Waals surface area (Å²) in [5.74, 6) is -0.744. The van der Waals surface area contributed by atoms with Crippen LogP contribution in [0.1, 0.15) is 0 Å². The number of anilines is 2. The van der Waals surface area contributed by atoms with Crippen LogP contribution in [0.25, 0.3) is 0 Å². The van der Waals surface area contributed by atoms with E-state index in [0.29, 0.717) is 5.69 Å². The summed E-state index contributed by atoms with van der Waals surface area (Å²) < 4.78 is 39.7. The van der Waals surface area contributed by atoms with Crippen molar-refractivity contribution in [2.45, 2.75) is 4.90 Å². The minimum atomic E-state index is -3.85. The molecule has 7 heteroatoms. The predicted octanol–water partition coefficient (Wildman–Crippen LogP) is 2.86. The van der Waals surface area contributed by atoms with Gasteiger partial charge in [0.2, 0.25) is 0 Å². The molecule has 0 amide bonds. The van der Waals surface area contributed by atoms with Crippen LogP contribution in [-0.4, -0.2) is 8.42 Å². The first kappa shape index (κ1) is 13.6. The van der Waals surface area contributed by atoms with Crippen molar-refractivity contribution in [1.82, 2.24) is 0 Å². The average molecular weight is 301 g/mol. The molecule has 0 radical (unpaired) electrons. The Morgan fingerprint density at radius 1 is 1.11 bits per heavy atom. The van der Waals surface area contributed by atoms with Crippen LogP contribution >= 0.6 is 11.6 Å². The van der Waals surface area contributed by atoms with Crippen LogP contribution in [0.3, 0.4) is 0 Å². The number of rotatable bonds is 3. The molecule has 0 atom stereocenters. The molecule has 0 aliphatic carbocycles. The van der Waals surface area contributed by atoms with Crippen LogP contribution in [-0.2, 0) is 10.0 Å². The highest BCUT2D eigenvalue weighted by molar-refractivity contribution is 7.92. The van der Waals surface area contributed by atoms with Gasteiger partial charge in [0.05, 0.1) is 10.6 Å². The molecule has 0 aliphatic heterocycles. The molecule has 0 heterocycles. The Kier molecular flexibility index (Phi) is 3.64. The van der Waals surface area contributed by atoms with Crippen molar-refractivity contribution >= 4 is 33.0 Å². The van der Waals surface area contributed by atoms with E-state index in [1.807, 2.05) is 0 Å². The predicted molar refractivity (Wildman–Crippen MR) is 73.1 cm³/mol. The summed E-state index contributed by atoms with van der Waals surface area (Å²) in [5.41, 5.74) is 5.75. The van der Waals surface area contributed by atoms with E-state index in [4.69, 9.17) is 17.3 Å². The smallest absolute Gasteiger partial charge is 0.261 e. The summed E-state index contributed by atoms with van der Waals surface area (Å²) in [6.45, 7) is 0. The van der Waals surface area contributed by atoms with Gasteiger partial charge >= 0.3 is 0 Å². The molecule has 2 rings (SSSR count). The van der Waals surface area contributed by atoms with Crippen molar-refractivity contribution in [3.05, 3.63) is 53.3 Å². The Balaban J connectivity index is 2.33. The van der Waals surface area contributed by atoms with Gasteiger partial charge in [-0.25, -0.2) is 12.8 Å². The standard InChI is InChI=1S/C12H10ClFN2O2S/c13-8-1-6-12(11(14)7-8)16-19(17,18)10-4-2-9(15)3-5-10/h1-7,16H,15H2. The zero-order valence-corrected chi connectivity index (χ0v) is 11.2. The van der Waals surface area contributed by atoms with E-state index in [0.717, 1.165) is 6.07 Å².